The van der Waals surface area contributed by atoms with E-state index in [0.29, 0.717) is 13.0 Å². The lowest BCUT2D eigenvalue weighted by atomic mass is 9.80. The maximum atomic E-state index is 11.2. The summed E-state index contributed by atoms with van der Waals surface area (Å²) in [6.07, 6.45) is -0.307. The van der Waals surface area contributed by atoms with E-state index in [2.05, 4.69) is 36.4 Å². The Morgan fingerprint density at radius 3 is 1.64 bits per heavy atom. The highest BCUT2D eigenvalue weighted by Crippen LogP contribution is 2.40. The molecule has 28 heavy (non-hydrogen) atoms. The Balaban J connectivity index is 1.73. The normalized spacial score (nSPS) is 16.4. The van der Waals surface area contributed by atoms with E-state index in [1.807, 2.05) is 54.6 Å². The molecule has 1 saturated heterocycles. The first-order valence-corrected chi connectivity index (χ1v) is 9.43. The molecule has 0 bridgehead atoms. The molecule has 3 aromatic carbocycles. The molecule has 1 unspecified atom stereocenters. The van der Waals surface area contributed by atoms with E-state index >= 15 is 0 Å². The van der Waals surface area contributed by atoms with E-state index in [1.54, 1.807) is 0 Å². The van der Waals surface area contributed by atoms with Crippen LogP contribution in [0.2, 0.25) is 0 Å². The first kappa shape index (κ1) is 18.3. The summed E-state index contributed by atoms with van der Waals surface area (Å²) in [4.78, 5) is 11.2. The molecule has 0 saturated carbocycles. The van der Waals surface area contributed by atoms with Crippen molar-refractivity contribution in [2.45, 2.75) is 18.1 Å². The van der Waals surface area contributed by atoms with Gasteiger partial charge in [-0.1, -0.05) is 91.0 Å². The molecule has 4 heteroatoms. The molecule has 0 aromatic heterocycles. The van der Waals surface area contributed by atoms with Crippen LogP contribution in [-0.2, 0) is 19.8 Å². The van der Waals surface area contributed by atoms with Gasteiger partial charge in [0.1, 0.15) is 18.3 Å². The average Bonchev–Trinajstić information content (AvgIpc) is 3.18. The zero-order valence-electron chi connectivity index (χ0n) is 15.5. The van der Waals surface area contributed by atoms with E-state index in [4.69, 9.17) is 14.2 Å². The zero-order chi connectivity index (χ0) is 19.2. The monoisotopic (exact) mass is 374 g/mol. The highest BCUT2D eigenvalue weighted by atomic mass is 16.8. The molecule has 4 rings (SSSR count). The van der Waals surface area contributed by atoms with Gasteiger partial charge >= 0.3 is 6.16 Å². The Kier molecular flexibility index (Phi) is 5.40. The molecule has 1 aliphatic rings. The molecule has 142 valence electrons. The summed E-state index contributed by atoms with van der Waals surface area (Å²) < 4.78 is 16.7. The standard InChI is InChI=1S/C24H22O4/c25-23-26-18-22(28-23)16-17-27-24(19-10-4-1-5-11-19,20-12-6-2-7-13-20)21-14-8-3-9-15-21/h1-15,22H,16-18H2. The fourth-order valence-corrected chi connectivity index (χ4v) is 3.62. The lowest BCUT2D eigenvalue weighted by Crippen LogP contribution is -2.34. The third-order valence-corrected chi connectivity index (χ3v) is 4.95. The first-order chi connectivity index (χ1) is 13.8. The van der Waals surface area contributed by atoms with Gasteiger partial charge in [-0.2, -0.15) is 0 Å². The number of carbonyl (C=O) groups excluding carboxylic acids is 1. The highest BCUT2D eigenvalue weighted by Gasteiger charge is 2.38. The maximum absolute atomic E-state index is 11.2. The topological polar surface area (TPSA) is 44.8 Å². The van der Waals surface area contributed by atoms with Gasteiger partial charge in [-0.25, -0.2) is 4.79 Å². The molecule has 0 N–H and O–H groups in total. The summed E-state index contributed by atoms with van der Waals surface area (Å²) in [5.41, 5.74) is 2.39. The van der Waals surface area contributed by atoms with Crippen LogP contribution in [0.25, 0.3) is 0 Å². The van der Waals surface area contributed by atoms with Crippen LogP contribution in [0.4, 0.5) is 4.79 Å². The largest absolute Gasteiger partial charge is 0.508 e. The molecular weight excluding hydrogens is 352 g/mol. The van der Waals surface area contributed by atoms with Crippen molar-refractivity contribution in [1.29, 1.82) is 0 Å². The van der Waals surface area contributed by atoms with Crippen LogP contribution >= 0.6 is 0 Å². The van der Waals surface area contributed by atoms with Crippen LogP contribution in [0.3, 0.4) is 0 Å². The summed E-state index contributed by atoms with van der Waals surface area (Å²) >= 11 is 0. The van der Waals surface area contributed by atoms with Gasteiger partial charge in [0.25, 0.3) is 0 Å². The number of rotatable bonds is 7. The number of benzene rings is 3. The van der Waals surface area contributed by atoms with Crippen molar-refractivity contribution in [3.8, 4) is 0 Å². The molecule has 0 aliphatic carbocycles. The first-order valence-electron chi connectivity index (χ1n) is 9.43. The fourth-order valence-electron chi connectivity index (χ4n) is 3.62. The van der Waals surface area contributed by atoms with Crippen molar-refractivity contribution in [2.75, 3.05) is 13.2 Å². The van der Waals surface area contributed by atoms with E-state index in [0.717, 1.165) is 16.7 Å². The summed E-state index contributed by atoms with van der Waals surface area (Å²) in [7, 11) is 0. The minimum absolute atomic E-state index is 0.271. The van der Waals surface area contributed by atoms with Gasteiger partial charge in [-0.3, -0.25) is 0 Å². The molecule has 0 spiro atoms. The Labute approximate surface area is 164 Å². The van der Waals surface area contributed by atoms with Crippen molar-refractivity contribution in [2.24, 2.45) is 0 Å². The minimum atomic E-state index is -0.757. The molecule has 1 fully saturated rings. The van der Waals surface area contributed by atoms with Crippen LogP contribution in [-0.4, -0.2) is 25.5 Å². The van der Waals surface area contributed by atoms with Crippen molar-refractivity contribution in [3.63, 3.8) is 0 Å². The average molecular weight is 374 g/mol. The lowest BCUT2D eigenvalue weighted by Gasteiger charge is -2.36. The van der Waals surface area contributed by atoms with E-state index in [1.165, 1.54) is 0 Å². The van der Waals surface area contributed by atoms with Crippen molar-refractivity contribution < 1.29 is 19.0 Å². The van der Waals surface area contributed by atoms with Gasteiger partial charge in [-0.05, 0) is 16.7 Å². The minimum Gasteiger partial charge on any atom is -0.430 e. The van der Waals surface area contributed by atoms with Crippen molar-refractivity contribution in [1.82, 2.24) is 0 Å². The third kappa shape index (κ3) is 3.64. The Bertz CT molecular complexity index is 797. The van der Waals surface area contributed by atoms with E-state index in [9.17, 15) is 4.79 Å². The molecule has 0 radical (unpaired) electrons. The Morgan fingerprint density at radius 2 is 1.25 bits per heavy atom. The van der Waals surface area contributed by atoms with Gasteiger partial charge in [0.15, 0.2) is 0 Å². The van der Waals surface area contributed by atoms with Crippen molar-refractivity contribution >= 4 is 6.16 Å². The summed E-state index contributed by atoms with van der Waals surface area (Å²) in [6, 6.07) is 30.6. The fraction of sp³-hybridized carbons (Fsp3) is 0.208. The zero-order valence-corrected chi connectivity index (χ0v) is 15.5. The molecule has 4 nitrogen and oxygen atoms in total. The number of hydrogen-bond acceptors (Lipinski definition) is 4. The van der Waals surface area contributed by atoms with Crippen LogP contribution in [0.1, 0.15) is 23.1 Å². The molecule has 1 atom stereocenters. The predicted molar refractivity (Wildman–Crippen MR) is 106 cm³/mol. The van der Waals surface area contributed by atoms with Gasteiger partial charge < -0.3 is 14.2 Å². The van der Waals surface area contributed by atoms with Crippen LogP contribution < -0.4 is 0 Å². The second-order valence-electron chi connectivity index (χ2n) is 6.72. The second-order valence-corrected chi connectivity index (χ2v) is 6.72. The van der Waals surface area contributed by atoms with Gasteiger partial charge in [-0.15, -0.1) is 0 Å². The SMILES string of the molecule is O=C1OCC(CCOC(c2ccccc2)(c2ccccc2)c2ccccc2)O1. The lowest BCUT2D eigenvalue weighted by molar-refractivity contribution is -0.00222. The predicted octanol–water partition coefficient (Wildman–Crippen LogP) is 4.92. The van der Waals surface area contributed by atoms with Gasteiger partial charge in [0, 0.05) is 6.42 Å². The molecule has 1 heterocycles. The smallest absolute Gasteiger partial charge is 0.430 e. The Morgan fingerprint density at radius 1 is 0.786 bits per heavy atom. The van der Waals surface area contributed by atoms with E-state index < -0.39 is 11.8 Å². The summed E-state index contributed by atoms with van der Waals surface area (Å²) in [5, 5.41) is 0. The van der Waals surface area contributed by atoms with Crippen LogP contribution in [0, 0.1) is 0 Å². The highest BCUT2D eigenvalue weighted by molar-refractivity contribution is 5.61. The summed E-state index contributed by atoms with van der Waals surface area (Å²) in [6.45, 7) is 0.692. The molecule has 3 aromatic rings. The molecular formula is C24H22O4. The van der Waals surface area contributed by atoms with Crippen molar-refractivity contribution in [3.05, 3.63) is 108 Å². The number of carbonyl (C=O) groups is 1. The number of cyclic esters (lactones) is 2. The van der Waals surface area contributed by atoms with Crippen LogP contribution in [0.15, 0.2) is 91.0 Å². The van der Waals surface area contributed by atoms with Gasteiger partial charge in [0.05, 0.1) is 6.61 Å². The Hall–Kier alpha value is -3.11. The van der Waals surface area contributed by atoms with Gasteiger partial charge in [0.2, 0.25) is 0 Å². The molecule has 0 amide bonds. The van der Waals surface area contributed by atoms with Crippen LogP contribution in [0.5, 0.6) is 0 Å². The number of ether oxygens (including phenoxy) is 3. The number of hydrogen-bond donors (Lipinski definition) is 0. The van der Waals surface area contributed by atoms with E-state index in [-0.39, 0.29) is 12.7 Å². The maximum Gasteiger partial charge on any atom is 0.508 e. The quantitative estimate of drug-likeness (QED) is 0.435. The summed E-state index contributed by atoms with van der Waals surface area (Å²) in [5.74, 6) is 0. The molecule has 1 aliphatic heterocycles. The third-order valence-electron chi connectivity index (χ3n) is 4.95. The second kappa shape index (κ2) is 8.28.